The van der Waals surface area contributed by atoms with Crippen LogP contribution in [0.5, 0.6) is 11.5 Å². The molecule has 4 nitrogen and oxygen atoms in total. The smallest absolute Gasteiger partial charge is 0.165 e. The van der Waals surface area contributed by atoms with Crippen LogP contribution in [0.15, 0.2) is 18.2 Å². The molecule has 21 heavy (non-hydrogen) atoms. The van der Waals surface area contributed by atoms with Gasteiger partial charge in [-0.3, -0.25) is 0 Å². The second-order valence-corrected chi connectivity index (χ2v) is 6.16. The lowest BCUT2D eigenvalue weighted by Crippen LogP contribution is -2.39. The summed E-state index contributed by atoms with van der Waals surface area (Å²) in [4.78, 5) is 0. The predicted molar refractivity (Wildman–Crippen MR) is 81.8 cm³/mol. The number of ether oxygens (including phenoxy) is 3. The summed E-state index contributed by atoms with van der Waals surface area (Å²) in [5, 5.41) is 0. The molecule has 1 aliphatic heterocycles. The Labute approximate surface area is 126 Å². The first kappa shape index (κ1) is 14.7. The Morgan fingerprint density at radius 2 is 2.05 bits per heavy atom. The Balaban J connectivity index is 1.89. The largest absolute Gasteiger partial charge is 0.493 e. The van der Waals surface area contributed by atoms with Crippen LogP contribution in [0.3, 0.4) is 0 Å². The average molecular weight is 291 g/mol. The minimum Gasteiger partial charge on any atom is -0.493 e. The first-order valence-electron chi connectivity index (χ1n) is 7.94. The summed E-state index contributed by atoms with van der Waals surface area (Å²) >= 11 is 0. The van der Waals surface area contributed by atoms with E-state index in [2.05, 4.69) is 6.07 Å². The van der Waals surface area contributed by atoms with Crippen molar-refractivity contribution in [1.82, 2.24) is 0 Å². The second-order valence-electron chi connectivity index (χ2n) is 6.16. The standard InChI is InChI=1S/C17H25NO3/c1-19-16-14(17(18)9-3-2-4-10-17)6-5-7-15(16)21-13-8-11-20-12-13/h5-7,13H,2-4,8-12,18H2,1H3. The molecule has 1 aliphatic carbocycles. The highest BCUT2D eigenvalue weighted by Crippen LogP contribution is 2.43. The quantitative estimate of drug-likeness (QED) is 0.926. The summed E-state index contributed by atoms with van der Waals surface area (Å²) in [6.45, 7) is 1.43. The minimum atomic E-state index is -0.283. The van der Waals surface area contributed by atoms with Gasteiger partial charge in [0.1, 0.15) is 6.10 Å². The Hall–Kier alpha value is -1.26. The Morgan fingerprint density at radius 3 is 2.71 bits per heavy atom. The van der Waals surface area contributed by atoms with Crippen molar-refractivity contribution in [3.63, 3.8) is 0 Å². The number of para-hydroxylation sites is 1. The van der Waals surface area contributed by atoms with Gasteiger partial charge >= 0.3 is 0 Å². The van der Waals surface area contributed by atoms with E-state index in [0.29, 0.717) is 6.61 Å². The van der Waals surface area contributed by atoms with Crippen LogP contribution in [0.4, 0.5) is 0 Å². The molecule has 2 N–H and O–H groups in total. The normalized spacial score (nSPS) is 24.8. The lowest BCUT2D eigenvalue weighted by Gasteiger charge is -2.35. The molecule has 116 valence electrons. The maximum absolute atomic E-state index is 6.67. The third kappa shape index (κ3) is 3.01. The number of methoxy groups -OCH3 is 1. The number of rotatable bonds is 4. The first-order valence-corrected chi connectivity index (χ1v) is 7.94. The zero-order valence-corrected chi connectivity index (χ0v) is 12.8. The molecule has 0 aromatic heterocycles. The molecule has 1 unspecified atom stereocenters. The van der Waals surface area contributed by atoms with Crippen LogP contribution in [0.2, 0.25) is 0 Å². The Kier molecular flexibility index (Phi) is 4.36. The first-order chi connectivity index (χ1) is 10.2. The molecular weight excluding hydrogens is 266 g/mol. The van der Waals surface area contributed by atoms with Gasteiger partial charge < -0.3 is 19.9 Å². The van der Waals surface area contributed by atoms with Crippen molar-refractivity contribution in [1.29, 1.82) is 0 Å². The molecule has 0 amide bonds. The molecule has 1 aromatic carbocycles. The van der Waals surface area contributed by atoms with Gasteiger partial charge in [-0.25, -0.2) is 0 Å². The SMILES string of the molecule is COc1c(OC2CCOC2)cccc1C1(N)CCCCC1. The molecule has 2 fully saturated rings. The highest BCUT2D eigenvalue weighted by atomic mass is 16.6. The summed E-state index contributed by atoms with van der Waals surface area (Å²) in [5.41, 5.74) is 7.48. The Morgan fingerprint density at radius 1 is 1.24 bits per heavy atom. The van der Waals surface area contributed by atoms with E-state index in [1.54, 1.807) is 7.11 Å². The lowest BCUT2D eigenvalue weighted by molar-refractivity contribution is 0.138. The van der Waals surface area contributed by atoms with Gasteiger partial charge in [0.05, 0.1) is 20.3 Å². The van der Waals surface area contributed by atoms with Gasteiger partial charge in [-0.2, -0.15) is 0 Å². The van der Waals surface area contributed by atoms with Gasteiger partial charge in [0.2, 0.25) is 0 Å². The molecule has 1 atom stereocenters. The summed E-state index contributed by atoms with van der Waals surface area (Å²) in [7, 11) is 1.70. The van der Waals surface area contributed by atoms with Crippen molar-refractivity contribution in [2.24, 2.45) is 5.73 Å². The molecule has 2 aliphatic rings. The van der Waals surface area contributed by atoms with Crippen molar-refractivity contribution in [3.05, 3.63) is 23.8 Å². The van der Waals surface area contributed by atoms with Crippen LogP contribution in [0.25, 0.3) is 0 Å². The summed E-state index contributed by atoms with van der Waals surface area (Å²) in [6, 6.07) is 6.07. The molecule has 0 bridgehead atoms. The van der Waals surface area contributed by atoms with E-state index in [9.17, 15) is 0 Å². The molecule has 3 rings (SSSR count). The van der Waals surface area contributed by atoms with Gasteiger partial charge in [0.25, 0.3) is 0 Å². The summed E-state index contributed by atoms with van der Waals surface area (Å²) in [6.07, 6.45) is 6.72. The summed E-state index contributed by atoms with van der Waals surface area (Å²) < 4.78 is 17.1. The number of hydrogen-bond acceptors (Lipinski definition) is 4. The maximum Gasteiger partial charge on any atom is 0.165 e. The van der Waals surface area contributed by atoms with Gasteiger partial charge in [-0.15, -0.1) is 0 Å². The van der Waals surface area contributed by atoms with Gasteiger partial charge in [-0.05, 0) is 18.9 Å². The third-order valence-corrected chi connectivity index (χ3v) is 4.65. The highest BCUT2D eigenvalue weighted by molar-refractivity contribution is 5.50. The average Bonchev–Trinajstić information content (AvgIpc) is 3.01. The van der Waals surface area contributed by atoms with Crippen LogP contribution < -0.4 is 15.2 Å². The van der Waals surface area contributed by atoms with E-state index in [4.69, 9.17) is 19.9 Å². The molecule has 1 aromatic rings. The number of benzene rings is 1. The topological polar surface area (TPSA) is 53.7 Å². The molecule has 1 saturated heterocycles. The fourth-order valence-corrected chi connectivity index (χ4v) is 3.45. The van der Waals surface area contributed by atoms with Crippen molar-refractivity contribution in [2.75, 3.05) is 20.3 Å². The van der Waals surface area contributed by atoms with Gasteiger partial charge in [0.15, 0.2) is 11.5 Å². The van der Waals surface area contributed by atoms with E-state index in [1.807, 2.05) is 12.1 Å². The number of hydrogen-bond donors (Lipinski definition) is 1. The van der Waals surface area contributed by atoms with Crippen molar-refractivity contribution in [3.8, 4) is 11.5 Å². The van der Waals surface area contributed by atoms with E-state index in [-0.39, 0.29) is 11.6 Å². The Bertz CT molecular complexity index is 477. The molecule has 1 heterocycles. The van der Waals surface area contributed by atoms with Gasteiger partial charge in [0, 0.05) is 17.5 Å². The van der Waals surface area contributed by atoms with Crippen LogP contribution in [-0.4, -0.2) is 26.4 Å². The monoisotopic (exact) mass is 291 g/mol. The second kappa shape index (κ2) is 6.24. The fraction of sp³-hybridized carbons (Fsp3) is 0.647. The van der Waals surface area contributed by atoms with Crippen molar-refractivity contribution in [2.45, 2.75) is 50.2 Å². The highest BCUT2D eigenvalue weighted by Gasteiger charge is 2.33. The van der Waals surface area contributed by atoms with Crippen LogP contribution in [0, 0.1) is 0 Å². The van der Waals surface area contributed by atoms with Crippen LogP contribution >= 0.6 is 0 Å². The van der Waals surface area contributed by atoms with Gasteiger partial charge in [-0.1, -0.05) is 31.4 Å². The molecule has 0 spiro atoms. The molecular formula is C17H25NO3. The molecule has 1 saturated carbocycles. The zero-order valence-electron chi connectivity index (χ0n) is 12.8. The van der Waals surface area contributed by atoms with Crippen molar-refractivity contribution < 1.29 is 14.2 Å². The summed E-state index contributed by atoms with van der Waals surface area (Å²) in [5.74, 6) is 1.59. The van der Waals surface area contributed by atoms with E-state index < -0.39 is 0 Å². The van der Waals surface area contributed by atoms with Crippen LogP contribution in [0.1, 0.15) is 44.1 Å². The predicted octanol–water partition coefficient (Wildman–Crippen LogP) is 2.98. The number of nitrogens with two attached hydrogens (primary N) is 1. The lowest BCUT2D eigenvalue weighted by atomic mass is 9.77. The minimum absolute atomic E-state index is 0.120. The van der Waals surface area contributed by atoms with Crippen LogP contribution in [-0.2, 0) is 10.3 Å². The maximum atomic E-state index is 6.67. The van der Waals surface area contributed by atoms with E-state index in [1.165, 1.54) is 19.3 Å². The fourth-order valence-electron chi connectivity index (χ4n) is 3.45. The molecule has 0 radical (unpaired) electrons. The van der Waals surface area contributed by atoms with E-state index in [0.717, 1.165) is 42.9 Å². The van der Waals surface area contributed by atoms with Crippen molar-refractivity contribution >= 4 is 0 Å². The molecule has 4 heteroatoms. The van der Waals surface area contributed by atoms with E-state index >= 15 is 0 Å². The third-order valence-electron chi connectivity index (χ3n) is 4.65. The zero-order chi connectivity index (χ0) is 14.7.